The van der Waals surface area contributed by atoms with E-state index in [2.05, 4.69) is 34.4 Å². The number of aromatic nitrogens is 2. The molecule has 1 aromatic heterocycles. The summed E-state index contributed by atoms with van der Waals surface area (Å²) in [6, 6.07) is 9.29. The largest absolute Gasteiger partial charge is 0.354 e. The van der Waals surface area contributed by atoms with Crippen LogP contribution in [-0.2, 0) is 0 Å². The zero-order valence-electron chi connectivity index (χ0n) is 11.6. The van der Waals surface area contributed by atoms with Gasteiger partial charge in [-0.1, -0.05) is 32.0 Å². The van der Waals surface area contributed by atoms with Crippen LogP contribution in [0.15, 0.2) is 42.7 Å². The van der Waals surface area contributed by atoms with Crippen molar-refractivity contribution in [2.24, 2.45) is 5.92 Å². The Morgan fingerprint density at radius 3 is 2.40 bits per heavy atom. The van der Waals surface area contributed by atoms with Crippen LogP contribution in [-0.4, -0.2) is 22.4 Å². The molecule has 1 heterocycles. The van der Waals surface area contributed by atoms with Crippen LogP contribution in [0.3, 0.4) is 0 Å². The second kappa shape index (κ2) is 6.65. The van der Waals surface area contributed by atoms with E-state index in [0.29, 0.717) is 17.4 Å². The van der Waals surface area contributed by atoms with Gasteiger partial charge in [0.25, 0.3) is 5.91 Å². The fourth-order valence-corrected chi connectivity index (χ4v) is 1.56. The molecule has 0 atom stereocenters. The number of rotatable bonds is 5. The molecule has 0 spiro atoms. The summed E-state index contributed by atoms with van der Waals surface area (Å²) >= 11 is 0. The highest BCUT2D eigenvalue weighted by Crippen LogP contribution is 2.08. The van der Waals surface area contributed by atoms with E-state index in [1.165, 1.54) is 12.4 Å². The number of nitrogens with zero attached hydrogens (tertiary/aromatic N) is 2. The summed E-state index contributed by atoms with van der Waals surface area (Å²) in [5.41, 5.74) is 1.18. The van der Waals surface area contributed by atoms with Gasteiger partial charge in [0, 0.05) is 24.6 Å². The third kappa shape index (κ3) is 4.05. The Labute approximate surface area is 118 Å². The summed E-state index contributed by atoms with van der Waals surface area (Å²) in [6.45, 7) is 5.01. The van der Waals surface area contributed by atoms with E-state index in [4.69, 9.17) is 0 Å². The number of amides is 1. The maximum Gasteiger partial charge on any atom is 0.258 e. The molecule has 5 heteroatoms. The van der Waals surface area contributed by atoms with Gasteiger partial charge < -0.3 is 10.6 Å². The van der Waals surface area contributed by atoms with E-state index in [-0.39, 0.29) is 5.91 Å². The molecule has 104 valence electrons. The van der Waals surface area contributed by atoms with Gasteiger partial charge in [-0.2, -0.15) is 0 Å². The molecule has 0 aliphatic carbocycles. The van der Waals surface area contributed by atoms with Gasteiger partial charge in [0.2, 0.25) is 5.95 Å². The zero-order chi connectivity index (χ0) is 14.4. The van der Waals surface area contributed by atoms with Crippen molar-refractivity contribution in [2.75, 3.05) is 17.2 Å². The first-order valence-corrected chi connectivity index (χ1v) is 6.57. The van der Waals surface area contributed by atoms with Crippen LogP contribution in [0, 0.1) is 5.92 Å². The van der Waals surface area contributed by atoms with Gasteiger partial charge >= 0.3 is 0 Å². The average molecular weight is 270 g/mol. The van der Waals surface area contributed by atoms with Gasteiger partial charge in [-0.25, -0.2) is 9.97 Å². The third-order valence-corrected chi connectivity index (χ3v) is 2.61. The Bertz CT molecular complexity index is 552. The molecule has 1 amide bonds. The Hall–Kier alpha value is -2.43. The highest BCUT2D eigenvalue weighted by molar-refractivity contribution is 6.03. The van der Waals surface area contributed by atoms with Crippen LogP contribution in [0.2, 0.25) is 0 Å². The van der Waals surface area contributed by atoms with Gasteiger partial charge in [-0.05, 0) is 18.1 Å². The van der Waals surface area contributed by atoms with E-state index >= 15 is 0 Å². The Balaban J connectivity index is 1.97. The lowest BCUT2D eigenvalue weighted by atomic mass is 10.2. The quantitative estimate of drug-likeness (QED) is 0.876. The van der Waals surface area contributed by atoms with Crippen molar-refractivity contribution >= 4 is 17.5 Å². The number of hydrogen-bond acceptors (Lipinski definition) is 4. The normalized spacial score (nSPS) is 10.3. The van der Waals surface area contributed by atoms with Crippen LogP contribution in [0.4, 0.5) is 11.6 Å². The zero-order valence-corrected chi connectivity index (χ0v) is 11.6. The van der Waals surface area contributed by atoms with Gasteiger partial charge in [0.1, 0.15) is 0 Å². The van der Waals surface area contributed by atoms with Crippen molar-refractivity contribution in [2.45, 2.75) is 13.8 Å². The lowest BCUT2D eigenvalue weighted by molar-refractivity contribution is 0.102. The second-order valence-corrected chi connectivity index (χ2v) is 4.89. The van der Waals surface area contributed by atoms with Crippen LogP contribution < -0.4 is 10.6 Å². The number of anilines is 2. The smallest absolute Gasteiger partial charge is 0.258 e. The SMILES string of the molecule is CC(C)CNc1ncc(C(=O)Nc2ccccc2)cn1. The van der Waals surface area contributed by atoms with E-state index in [1.54, 1.807) is 0 Å². The van der Waals surface area contributed by atoms with E-state index in [1.807, 2.05) is 30.3 Å². The predicted molar refractivity (Wildman–Crippen MR) is 79.8 cm³/mol. The minimum absolute atomic E-state index is 0.216. The van der Waals surface area contributed by atoms with Gasteiger partial charge in [0.05, 0.1) is 5.56 Å². The van der Waals surface area contributed by atoms with Gasteiger partial charge in [-0.3, -0.25) is 4.79 Å². The molecule has 0 saturated heterocycles. The van der Waals surface area contributed by atoms with Crippen molar-refractivity contribution in [3.63, 3.8) is 0 Å². The number of benzene rings is 1. The highest BCUT2D eigenvalue weighted by atomic mass is 16.1. The molecule has 0 aliphatic heterocycles. The topological polar surface area (TPSA) is 66.9 Å². The molecular weight excluding hydrogens is 252 g/mol. The first kappa shape index (κ1) is 14.0. The van der Waals surface area contributed by atoms with Crippen molar-refractivity contribution in [1.82, 2.24) is 9.97 Å². The minimum Gasteiger partial charge on any atom is -0.354 e. The first-order chi connectivity index (χ1) is 9.65. The Kier molecular flexibility index (Phi) is 4.65. The number of hydrogen-bond donors (Lipinski definition) is 2. The molecule has 2 rings (SSSR count). The van der Waals surface area contributed by atoms with Crippen LogP contribution in [0.25, 0.3) is 0 Å². The molecule has 0 aliphatic rings. The summed E-state index contributed by atoms with van der Waals surface area (Å²) in [5, 5.41) is 5.89. The predicted octanol–water partition coefficient (Wildman–Crippen LogP) is 2.80. The van der Waals surface area contributed by atoms with E-state index in [9.17, 15) is 4.79 Å². The molecular formula is C15H18N4O. The second-order valence-electron chi connectivity index (χ2n) is 4.89. The van der Waals surface area contributed by atoms with E-state index in [0.717, 1.165) is 12.2 Å². The standard InChI is InChI=1S/C15H18N4O/c1-11(2)8-16-15-17-9-12(10-18-15)14(20)19-13-6-4-3-5-7-13/h3-7,9-11H,8H2,1-2H3,(H,19,20)(H,16,17,18). The monoisotopic (exact) mass is 270 g/mol. The maximum atomic E-state index is 12.0. The van der Waals surface area contributed by atoms with Gasteiger partial charge in [0.15, 0.2) is 0 Å². The number of nitrogens with one attached hydrogen (secondary N) is 2. The van der Waals surface area contributed by atoms with Crippen molar-refractivity contribution in [1.29, 1.82) is 0 Å². The fraction of sp³-hybridized carbons (Fsp3) is 0.267. The summed E-state index contributed by atoms with van der Waals surface area (Å²) in [6.07, 6.45) is 3.04. The third-order valence-electron chi connectivity index (χ3n) is 2.61. The lowest BCUT2D eigenvalue weighted by Gasteiger charge is -2.08. The van der Waals surface area contributed by atoms with Crippen LogP contribution >= 0.6 is 0 Å². The first-order valence-electron chi connectivity index (χ1n) is 6.57. The average Bonchev–Trinajstić information content (AvgIpc) is 2.46. The molecule has 1 aromatic carbocycles. The molecule has 0 unspecified atom stereocenters. The van der Waals surface area contributed by atoms with Crippen LogP contribution in [0.1, 0.15) is 24.2 Å². The molecule has 0 saturated carbocycles. The molecule has 0 bridgehead atoms. The molecule has 0 fully saturated rings. The Morgan fingerprint density at radius 1 is 1.15 bits per heavy atom. The van der Waals surface area contributed by atoms with E-state index < -0.39 is 0 Å². The fourth-order valence-electron chi connectivity index (χ4n) is 1.56. The lowest BCUT2D eigenvalue weighted by Crippen LogP contribution is -2.14. The summed E-state index contributed by atoms with van der Waals surface area (Å²) in [7, 11) is 0. The number of carbonyl (C=O) groups excluding carboxylic acids is 1. The molecule has 5 nitrogen and oxygen atoms in total. The van der Waals surface area contributed by atoms with Crippen molar-refractivity contribution in [3.8, 4) is 0 Å². The summed E-state index contributed by atoms with van der Waals surface area (Å²) < 4.78 is 0. The van der Waals surface area contributed by atoms with Crippen molar-refractivity contribution < 1.29 is 4.79 Å². The minimum atomic E-state index is -0.216. The highest BCUT2D eigenvalue weighted by Gasteiger charge is 2.07. The molecule has 20 heavy (non-hydrogen) atoms. The maximum absolute atomic E-state index is 12.0. The van der Waals surface area contributed by atoms with Gasteiger partial charge in [-0.15, -0.1) is 0 Å². The Morgan fingerprint density at radius 2 is 1.80 bits per heavy atom. The molecule has 0 radical (unpaired) electrons. The summed E-state index contributed by atoms with van der Waals surface area (Å²) in [5.74, 6) is 0.834. The summed E-state index contributed by atoms with van der Waals surface area (Å²) in [4.78, 5) is 20.2. The molecule has 2 aromatic rings. The molecule has 2 N–H and O–H groups in total. The van der Waals surface area contributed by atoms with Crippen molar-refractivity contribution in [3.05, 3.63) is 48.3 Å². The number of para-hydroxylation sites is 1. The van der Waals surface area contributed by atoms with Crippen LogP contribution in [0.5, 0.6) is 0 Å². The number of carbonyl (C=O) groups is 1.